The number of para-hydroxylation sites is 1. The Hall–Kier alpha value is -1.55. The Bertz CT molecular complexity index is 461. The summed E-state index contributed by atoms with van der Waals surface area (Å²) in [4.78, 5) is 14.4. The van der Waals surface area contributed by atoms with Crippen LogP contribution in [-0.4, -0.2) is 32.1 Å². The van der Waals surface area contributed by atoms with Crippen molar-refractivity contribution >= 4 is 11.6 Å². The van der Waals surface area contributed by atoms with Crippen molar-refractivity contribution in [2.75, 3.05) is 25.0 Å². The Labute approximate surface area is 121 Å². The minimum atomic E-state index is -0.133. The number of anilines is 1. The Balaban J connectivity index is 2.32. The lowest BCUT2D eigenvalue weighted by molar-refractivity contribution is -0.121. The lowest BCUT2D eigenvalue weighted by atomic mass is 10.0. The third kappa shape index (κ3) is 2.96. The van der Waals surface area contributed by atoms with Crippen LogP contribution in [0, 0.1) is 0 Å². The van der Waals surface area contributed by atoms with Gasteiger partial charge in [-0.25, -0.2) is 0 Å². The van der Waals surface area contributed by atoms with Gasteiger partial charge in [0.05, 0.1) is 0 Å². The van der Waals surface area contributed by atoms with Crippen LogP contribution in [-0.2, 0) is 4.79 Å². The molecule has 1 amide bonds. The van der Waals surface area contributed by atoms with E-state index in [0.29, 0.717) is 12.6 Å². The smallest absolute Gasteiger partial charge is 0.242 e. The number of benzene rings is 1. The second-order valence-corrected chi connectivity index (χ2v) is 5.31. The molecule has 0 aliphatic carbocycles. The van der Waals surface area contributed by atoms with E-state index in [1.54, 1.807) is 0 Å². The van der Waals surface area contributed by atoms with E-state index in [9.17, 15) is 4.79 Å². The summed E-state index contributed by atoms with van der Waals surface area (Å²) < 4.78 is 0. The van der Waals surface area contributed by atoms with Gasteiger partial charge in [-0.05, 0) is 45.4 Å². The number of carbonyl (C=O) groups is 1. The molecule has 2 N–H and O–H groups in total. The highest BCUT2D eigenvalue weighted by molar-refractivity contribution is 5.85. The summed E-state index contributed by atoms with van der Waals surface area (Å²) in [5, 5.41) is 6.31. The zero-order valence-corrected chi connectivity index (χ0v) is 12.6. The minimum Gasteiger partial charge on any atom is -0.360 e. The van der Waals surface area contributed by atoms with E-state index in [0.717, 1.165) is 19.4 Å². The normalized spacial score (nSPS) is 19.9. The summed E-state index contributed by atoms with van der Waals surface area (Å²) in [5.41, 5.74) is 2.48. The first-order chi connectivity index (χ1) is 9.69. The number of carbonyl (C=O) groups excluding carboxylic acids is 1. The fourth-order valence-corrected chi connectivity index (χ4v) is 2.95. The molecule has 0 fully saturated rings. The van der Waals surface area contributed by atoms with Crippen molar-refractivity contribution < 1.29 is 4.79 Å². The fraction of sp³-hybridized carbons (Fsp3) is 0.562. The molecule has 1 heterocycles. The van der Waals surface area contributed by atoms with Crippen LogP contribution in [0.1, 0.15) is 38.3 Å². The van der Waals surface area contributed by atoms with E-state index in [4.69, 9.17) is 0 Å². The summed E-state index contributed by atoms with van der Waals surface area (Å²) in [6.45, 7) is 5.55. The van der Waals surface area contributed by atoms with Gasteiger partial charge in [-0.15, -0.1) is 0 Å². The summed E-state index contributed by atoms with van der Waals surface area (Å²) >= 11 is 0. The quantitative estimate of drug-likeness (QED) is 0.884. The summed E-state index contributed by atoms with van der Waals surface area (Å²) in [6.07, 6.45) is 2.19. The highest BCUT2D eigenvalue weighted by atomic mass is 16.2. The molecule has 0 saturated carbocycles. The van der Waals surface area contributed by atoms with Crippen LogP contribution in [0.4, 0.5) is 5.69 Å². The molecule has 2 atom stereocenters. The first-order valence-corrected chi connectivity index (χ1v) is 7.49. The van der Waals surface area contributed by atoms with Crippen molar-refractivity contribution in [2.24, 2.45) is 0 Å². The van der Waals surface area contributed by atoms with Gasteiger partial charge in [-0.2, -0.15) is 0 Å². The molecule has 0 aromatic heterocycles. The maximum absolute atomic E-state index is 12.1. The van der Waals surface area contributed by atoms with E-state index >= 15 is 0 Å². The molecule has 0 bridgehead atoms. The Kier molecular flexibility index (Phi) is 5.01. The summed E-state index contributed by atoms with van der Waals surface area (Å²) in [7, 11) is 2.00. The lowest BCUT2D eigenvalue weighted by Gasteiger charge is -2.31. The molecule has 1 aromatic rings. The van der Waals surface area contributed by atoms with Crippen LogP contribution in [0.5, 0.6) is 0 Å². The van der Waals surface area contributed by atoms with Gasteiger partial charge >= 0.3 is 0 Å². The van der Waals surface area contributed by atoms with Crippen molar-refractivity contribution in [3.05, 3.63) is 29.8 Å². The lowest BCUT2D eigenvalue weighted by Crippen LogP contribution is -2.45. The van der Waals surface area contributed by atoms with Gasteiger partial charge in [0.2, 0.25) is 5.91 Å². The topological polar surface area (TPSA) is 44.4 Å². The summed E-state index contributed by atoms with van der Waals surface area (Å²) in [5.74, 6) is 0.102. The van der Waals surface area contributed by atoms with Gasteiger partial charge in [0.25, 0.3) is 0 Å². The Morgan fingerprint density at radius 1 is 1.45 bits per heavy atom. The van der Waals surface area contributed by atoms with E-state index in [1.165, 1.54) is 11.3 Å². The zero-order chi connectivity index (χ0) is 14.5. The van der Waals surface area contributed by atoms with Gasteiger partial charge in [0, 0.05) is 24.8 Å². The van der Waals surface area contributed by atoms with Crippen molar-refractivity contribution in [1.82, 2.24) is 10.6 Å². The van der Waals surface area contributed by atoms with Crippen molar-refractivity contribution in [3.8, 4) is 0 Å². The predicted molar refractivity (Wildman–Crippen MR) is 83.0 cm³/mol. The molecule has 4 nitrogen and oxygen atoms in total. The monoisotopic (exact) mass is 275 g/mol. The van der Waals surface area contributed by atoms with Gasteiger partial charge in [0.1, 0.15) is 6.04 Å². The number of likely N-dealkylation sites (N-methyl/N-ethyl adjacent to an activating group) is 1. The molecule has 0 spiro atoms. The number of nitrogens with zero attached hydrogens (tertiary/aromatic N) is 1. The number of fused-ring (bicyclic) bond motifs is 1. The third-order valence-electron chi connectivity index (χ3n) is 4.06. The number of rotatable bonds is 4. The molecule has 1 aliphatic rings. The molecule has 2 unspecified atom stereocenters. The molecular weight excluding hydrogens is 250 g/mol. The molecule has 1 aliphatic heterocycles. The largest absolute Gasteiger partial charge is 0.360 e. The average Bonchev–Trinajstić information content (AvgIpc) is 2.66. The number of hydrogen-bond donors (Lipinski definition) is 2. The maximum Gasteiger partial charge on any atom is 0.242 e. The highest BCUT2D eigenvalue weighted by Gasteiger charge is 2.27. The van der Waals surface area contributed by atoms with Crippen LogP contribution in [0.25, 0.3) is 0 Å². The number of amides is 1. The molecule has 1 aromatic carbocycles. The fourth-order valence-electron chi connectivity index (χ4n) is 2.95. The number of hydrogen-bond acceptors (Lipinski definition) is 3. The molecule has 0 radical (unpaired) electrons. The zero-order valence-electron chi connectivity index (χ0n) is 12.6. The second kappa shape index (κ2) is 6.75. The molecular formula is C16H25N3O. The molecule has 0 saturated heterocycles. The van der Waals surface area contributed by atoms with Crippen LogP contribution < -0.4 is 15.5 Å². The molecule has 2 rings (SSSR count). The van der Waals surface area contributed by atoms with Gasteiger partial charge in [0.15, 0.2) is 0 Å². The van der Waals surface area contributed by atoms with Gasteiger partial charge in [-0.3, -0.25) is 4.79 Å². The second-order valence-electron chi connectivity index (χ2n) is 5.31. The first kappa shape index (κ1) is 14.9. The summed E-state index contributed by atoms with van der Waals surface area (Å²) in [6, 6.07) is 8.65. The molecule has 110 valence electrons. The van der Waals surface area contributed by atoms with Crippen molar-refractivity contribution in [3.63, 3.8) is 0 Å². The number of nitrogens with one attached hydrogen (secondary N) is 2. The van der Waals surface area contributed by atoms with Crippen LogP contribution in [0.2, 0.25) is 0 Å². The molecule has 4 heteroatoms. The van der Waals surface area contributed by atoms with E-state index < -0.39 is 0 Å². The standard InChI is InChI=1S/C16H25N3O/c1-4-18-16(20)12(2)19-11-7-9-14(17-3)13-8-5-6-10-15(13)19/h5-6,8,10,12,14,17H,4,7,9,11H2,1-3H3,(H,18,20). The van der Waals surface area contributed by atoms with Crippen LogP contribution in [0.15, 0.2) is 24.3 Å². The van der Waals surface area contributed by atoms with Gasteiger partial charge < -0.3 is 15.5 Å². The average molecular weight is 275 g/mol. The van der Waals surface area contributed by atoms with E-state index in [2.05, 4.69) is 33.7 Å². The maximum atomic E-state index is 12.1. The van der Waals surface area contributed by atoms with Crippen LogP contribution in [0.3, 0.4) is 0 Å². The third-order valence-corrected chi connectivity index (χ3v) is 4.06. The Morgan fingerprint density at radius 3 is 2.90 bits per heavy atom. The highest BCUT2D eigenvalue weighted by Crippen LogP contribution is 2.33. The molecule has 20 heavy (non-hydrogen) atoms. The first-order valence-electron chi connectivity index (χ1n) is 7.49. The Morgan fingerprint density at radius 2 is 2.20 bits per heavy atom. The van der Waals surface area contributed by atoms with Crippen molar-refractivity contribution in [1.29, 1.82) is 0 Å². The van der Waals surface area contributed by atoms with E-state index in [1.807, 2.05) is 27.0 Å². The van der Waals surface area contributed by atoms with Crippen molar-refractivity contribution in [2.45, 2.75) is 38.8 Å². The van der Waals surface area contributed by atoms with Gasteiger partial charge in [-0.1, -0.05) is 18.2 Å². The SMILES string of the molecule is CCNC(=O)C(C)N1CCCC(NC)c2ccccc21. The predicted octanol–water partition coefficient (Wildman–Crippen LogP) is 2.07. The van der Waals surface area contributed by atoms with Crippen LogP contribution >= 0.6 is 0 Å². The minimum absolute atomic E-state index is 0.102. The van der Waals surface area contributed by atoms with E-state index in [-0.39, 0.29) is 11.9 Å².